The molecule has 0 radical (unpaired) electrons. The third-order valence-corrected chi connectivity index (χ3v) is 4.73. The van der Waals surface area contributed by atoms with Gasteiger partial charge in [-0.15, -0.1) is 0 Å². The maximum absolute atomic E-state index is 12.5. The van der Waals surface area contributed by atoms with Crippen molar-refractivity contribution in [1.82, 2.24) is 10.6 Å². The molecule has 3 rings (SSSR count). The van der Waals surface area contributed by atoms with Crippen molar-refractivity contribution in [2.24, 2.45) is 0 Å². The van der Waals surface area contributed by atoms with E-state index in [-0.39, 0.29) is 17.9 Å². The molecular weight excluding hydrogens is 360 g/mol. The fraction of sp³-hybridized carbons (Fsp3) is 0.182. The molecule has 5 heteroatoms. The van der Waals surface area contributed by atoms with E-state index in [0.29, 0.717) is 10.6 Å². The Balaban J connectivity index is 1.62. The summed E-state index contributed by atoms with van der Waals surface area (Å²) in [7, 11) is 0. The number of amides is 2. The van der Waals surface area contributed by atoms with Gasteiger partial charge in [-0.25, -0.2) is 0 Å². The van der Waals surface area contributed by atoms with Crippen molar-refractivity contribution in [1.29, 1.82) is 0 Å². The van der Waals surface area contributed by atoms with Crippen LogP contribution in [0.1, 0.15) is 35.8 Å². The standard InChI is InChI=1S/C22H21ClN2O2/c1-14(18-8-7-16-5-3-4-6-19(16)13-18)24-21(26)15(2)25-22(27)17-9-11-20(23)12-10-17/h3-15H,1-2H3,(H,24,26)(H,25,27). The van der Waals surface area contributed by atoms with Gasteiger partial charge in [0, 0.05) is 10.6 Å². The van der Waals surface area contributed by atoms with Crippen molar-refractivity contribution in [3.8, 4) is 0 Å². The van der Waals surface area contributed by atoms with Crippen LogP contribution in [0.25, 0.3) is 10.8 Å². The van der Waals surface area contributed by atoms with E-state index in [9.17, 15) is 9.59 Å². The van der Waals surface area contributed by atoms with Crippen LogP contribution in [-0.4, -0.2) is 17.9 Å². The van der Waals surface area contributed by atoms with Crippen molar-refractivity contribution in [2.45, 2.75) is 25.9 Å². The summed E-state index contributed by atoms with van der Waals surface area (Å²) in [4.78, 5) is 24.7. The molecule has 0 aliphatic carbocycles. The van der Waals surface area contributed by atoms with Gasteiger partial charge in [-0.2, -0.15) is 0 Å². The van der Waals surface area contributed by atoms with Crippen LogP contribution in [0.2, 0.25) is 5.02 Å². The zero-order valence-electron chi connectivity index (χ0n) is 15.2. The van der Waals surface area contributed by atoms with E-state index in [0.717, 1.165) is 16.3 Å². The molecule has 2 unspecified atom stereocenters. The molecule has 0 aliphatic heterocycles. The first-order valence-corrected chi connectivity index (χ1v) is 9.17. The van der Waals surface area contributed by atoms with E-state index >= 15 is 0 Å². The highest BCUT2D eigenvalue weighted by Gasteiger charge is 2.19. The molecule has 0 saturated heterocycles. The van der Waals surface area contributed by atoms with E-state index in [4.69, 9.17) is 11.6 Å². The molecular formula is C22H21ClN2O2. The van der Waals surface area contributed by atoms with Crippen LogP contribution in [0.5, 0.6) is 0 Å². The van der Waals surface area contributed by atoms with E-state index in [1.807, 2.05) is 37.3 Å². The SMILES string of the molecule is CC(NC(=O)c1ccc(Cl)cc1)C(=O)NC(C)c1ccc2ccccc2c1. The summed E-state index contributed by atoms with van der Waals surface area (Å²) in [6.07, 6.45) is 0. The molecule has 0 aliphatic rings. The maximum atomic E-state index is 12.5. The number of rotatable bonds is 5. The predicted octanol–water partition coefficient (Wildman–Crippen LogP) is 4.49. The lowest BCUT2D eigenvalue weighted by Gasteiger charge is -2.19. The van der Waals surface area contributed by atoms with Gasteiger partial charge in [0.15, 0.2) is 0 Å². The van der Waals surface area contributed by atoms with Crippen LogP contribution in [0.15, 0.2) is 66.7 Å². The van der Waals surface area contributed by atoms with Crippen molar-refractivity contribution < 1.29 is 9.59 Å². The van der Waals surface area contributed by atoms with Gasteiger partial charge in [0.2, 0.25) is 5.91 Å². The molecule has 0 aromatic heterocycles. The molecule has 4 nitrogen and oxygen atoms in total. The Kier molecular flexibility index (Phi) is 5.77. The summed E-state index contributed by atoms with van der Waals surface area (Å²) >= 11 is 5.83. The maximum Gasteiger partial charge on any atom is 0.251 e. The number of halogens is 1. The molecule has 27 heavy (non-hydrogen) atoms. The van der Waals surface area contributed by atoms with Crippen LogP contribution in [0, 0.1) is 0 Å². The fourth-order valence-corrected chi connectivity index (χ4v) is 2.97. The fourth-order valence-electron chi connectivity index (χ4n) is 2.85. The largest absolute Gasteiger partial charge is 0.348 e. The molecule has 0 saturated carbocycles. The number of carbonyl (C=O) groups is 2. The summed E-state index contributed by atoms with van der Waals surface area (Å²) in [5, 5.41) is 8.50. The second kappa shape index (κ2) is 8.23. The van der Waals surface area contributed by atoms with Gasteiger partial charge in [0.1, 0.15) is 6.04 Å². The van der Waals surface area contributed by atoms with Crippen LogP contribution in [-0.2, 0) is 4.79 Å². The molecule has 3 aromatic carbocycles. The third kappa shape index (κ3) is 4.66. The van der Waals surface area contributed by atoms with Crippen molar-refractivity contribution in [2.75, 3.05) is 0 Å². The van der Waals surface area contributed by atoms with Gasteiger partial charge in [-0.1, -0.05) is 48.0 Å². The minimum atomic E-state index is -0.656. The first-order chi connectivity index (χ1) is 12.9. The monoisotopic (exact) mass is 380 g/mol. The number of nitrogens with one attached hydrogen (secondary N) is 2. The minimum Gasteiger partial charge on any atom is -0.348 e. The van der Waals surface area contributed by atoms with Crippen LogP contribution < -0.4 is 10.6 Å². The lowest BCUT2D eigenvalue weighted by Crippen LogP contribution is -2.45. The Labute approximate surface area is 163 Å². The van der Waals surface area contributed by atoms with E-state index in [2.05, 4.69) is 22.8 Å². The molecule has 3 aromatic rings. The first kappa shape index (κ1) is 18.9. The second-order valence-electron chi connectivity index (χ2n) is 6.54. The highest BCUT2D eigenvalue weighted by Crippen LogP contribution is 2.20. The number of benzene rings is 3. The van der Waals surface area contributed by atoms with Gasteiger partial charge in [-0.3, -0.25) is 9.59 Å². The molecule has 2 atom stereocenters. The zero-order valence-corrected chi connectivity index (χ0v) is 16.0. The average molecular weight is 381 g/mol. The van der Waals surface area contributed by atoms with Gasteiger partial charge >= 0.3 is 0 Å². The Morgan fingerprint density at radius 1 is 0.852 bits per heavy atom. The molecule has 0 bridgehead atoms. The normalized spacial score (nSPS) is 13.0. The summed E-state index contributed by atoms with van der Waals surface area (Å²) in [6.45, 7) is 3.59. The Morgan fingerprint density at radius 2 is 1.52 bits per heavy atom. The molecule has 0 spiro atoms. The lowest BCUT2D eigenvalue weighted by atomic mass is 10.0. The summed E-state index contributed by atoms with van der Waals surface area (Å²) in [5.41, 5.74) is 1.47. The van der Waals surface area contributed by atoms with E-state index < -0.39 is 6.04 Å². The van der Waals surface area contributed by atoms with Crippen LogP contribution in [0.4, 0.5) is 0 Å². The van der Waals surface area contributed by atoms with Crippen molar-refractivity contribution >= 4 is 34.2 Å². The number of hydrogen-bond donors (Lipinski definition) is 2. The minimum absolute atomic E-state index is 0.169. The van der Waals surface area contributed by atoms with Crippen LogP contribution in [0.3, 0.4) is 0 Å². The third-order valence-electron chi connectivity index (χ3n) is 4.48. The molecule has 0 heterocycles. The predicted molar refractivity (Wildman–Crippen MR) is 109 cm³/mol. The average Bonchev–Trinajstić information content (AvgIpc) is 2.67. The van der Waals surface area contributed by atoms with Gasteiger partial charge in [0.25, 0.3) is 5.91 Å². The highest BCUT2D eigenvalue weighted by atomic mass is 35.5. The highest BCUT2D eigenvalue weighted by molar-refractivity contribution is 6.30. The Morgan fingerprint density at radius 3 is 2.22 bits per heavy atom. The summed E-state index contributed by atoms with van der Waals surface area (Å²) in [6, 6.07) is 19.9. The van der Waals surface area contributed by atoms with E-state index in [1.54, 1.807) is 31.2 Å². The van der Waals surface area contributed by atoms with Crippen LogP contribution >= 0.6 is 11.6 Å². The molecule has 2 amide bonds. The number of fused-ring (bicyclic) bond motifs is 1. The zero-order chi connectivity index (χ0) is 19.4. The van der Waals surface area contributed by atoms with Crippen molar-refractivity contribution in [3.05, 3.63) is 82.9 Å². The number of carbonyl (C=O) groups excluding carboxylic acids is 2. The topological polar surface area (TPSA) is 58.2 Å². The second-order valence-corrected chi connectivity index (χ2v) is 6.98. The summed E-state index contributed by atoms with van der Waals surface area (Å²) < 4.78 is 0. The van der Waals surface area contributed by atoms with Gasteiger partial charge in [0.05, 0.1) is 6.04 Å². The summed E-state index contributed by atoms with van der Waals surface area (Å²) in [5.74, 6) is -0.550. The van der Waals surface area contributed by atoms with Gasteiger partial charge < -0.3 is 10.6 Å². The first-order valence-electron chi connectivity index (χ1n) is 8.79. The lowest BCUT2D eigenvalue weighted by molar-refractivity contribution is -0.123. The van der Waals surface area contributed by atoms with E-state index in [1.165, 1.54) is 0 Å². The quantitative estimate of drug-likeness (QED) is 0.685. The van der Waals surface area contributed by atoms with Crippen molar-refractivity contribution in [3.63, 3.8) is 0 Å². The van der Waals surface area contributed by atoms with Gasteiger partial charge in [-0.05, 0) is 60.5 Å². The molecule has 138 valence electrons. The Hall–Kier alpha value is -2.85. The number of hydrogen-bond acceptors (Lipinski definition) is 2. The Bertz CT molecular complexity index is 969. The molecule has 0 fully saturated rings. The smallest absolute Gasteiger partial charge is 0.251 e. The molecule has 2 N–H and O–H groups in total.